The third-order valence-corrected chi connectivity index (χ3v) is 2.34. The molecule has 0 aliphatic heterocycles. The van der Waals surface area contributed by atoms with Crippen molar-refractivity contribution >= 4 is 43.5 Å². The Bertz CT molecular complexity index is 83.1. The number of hydrogen-bond acceptors (Lipinski definition) is 0. The molecule has 0 aliphatic carbocycles. The van der Waals surface area contributed by atoms with E-state index in [0.717, 1.165) is 0 Å². The van der Waals surface area contributed by atoms with E-state index in [4.69, 9.17) is 11.6 Å². The van der Waals surface area contributed by atoms with Crippen molar-refractivity contribution in [3.05, 3.63) is 0 Å². The Labute approximate surface area is 74.2 Å². The molecule has 0 nitrogen and oxygen atoms in total. The predicted molar refractivity (Wildman–Crippen MR) is 41.9 cm³/mol. The van der Waals surface area contributed by atoms with Gasteiger partial charge in [0, 0.05) is 17.1 Å². The molecule has 0 fully saturated rings. The molecule has 0 N–H and O–H groups in total. The van der Waals surface area contributed by atoms with Gasteiger partial charge in [-0.05, 0) is 15.9 Å². The van der Waals surface area contributed by atoms with E-state index in [1.807, 2.05) is 0 Å². The zero-order valence-electron chi connectivity index (χ0n) is 4.38. The van der Waals surface area contributed by atoms with Crippen molar-refractivity contribution in [2.75, 3.05) is 5.88 Å². The van der Waals surface area contributed by atoms with Gasteiger partial charge in [-0.1, -0.05) is 15.9 Å². The quantitative estimate of drug-likeness (QED) is 0.698. The lowest BCUT2D eigenvalue weighted by molar-refractivity contribution is 0.106. The van der Waals surface area contributed by atoms with Gasteiger partial charge in [-0.15, -0.1) is 11.6 Å². The second-order valence-corrected chi connectivity index (χ2v) is 4.33. The lowest BCUT2D eigenvalue weighted by Gasteiger charge is -2.10. The highest BCUT2D eigenvalue weighted by molar-refractivity contribution is 9.10. The Morgan fingerprint density at radius 2 is 2.00 bits per heavy atom. The van der Waals surface area contributed by atoms with Crippen molar-refractivity contribution in [2.45, 2.75) is 16.1 Å². The van der Waals surface area contributed by atoms with Crippen LogP contribution >= 0.6 is 43.5 Å². The fourth-order valence-electron chi connectivity index (χ4n) is 0.306. The molecule has 0 aromatic heterocycles. The number of hydrogen-bond donors (Lipinski definition) is 0. The first-order valence-corrected chi connectivity index (χ1v) is 4.47. The molecule has 0 heterocycles. The molecule has 0 aromatic rings. The van der Waals surface area contributed by atoms with Crippen LogP contribution in [0.1, 0.15) is 6.42 Å². The van der Waals surface area contributed by atoms with E-state index >= 15 is 0 Å². The summed E-state index contributed by atoms with van der Waals surface area (Å²) in [5, 5.41) is 0. The summed E-state index contributed by atoms with van der Waals surface area (Å²) in [5.74, 6) is 0.196. The smallest absolute Gasteiger partial charge is 0.194 e. The SMILES string of the molecule is FC(F)(Br)CC(Br)CCl. The van der Waals surface area contributed by atoms with Gasteiger partial charge in [-0.3, -0.25) is 0 Å². The standard InChI is InChI=1S/C4H5Br2ClF2/c5-3(2-7)1-4(6,8)9/h3H,1-2H2. The summed E-state index contributed by atoms with van der Waals surface area (Å²) in [6.45, 7) is 0. The summed E-state index contributed by atoms with van der Waals surface area (Å²) in [4.78, 5) is -3.12. The summed E-state index contributed by atoms with van der Waals surface area (Å²) < 4.78 is 24.0. The number of halogens is 5. The first-order valence-electron chi connectivity index (χ1n) is 2.22. The van der Waals surface area contributed by atoms with Crippen molar-refractivity contribution in [1.82, 2.24) is 0 Å². The average Bonchev–Trinajstić information content (AvgIpc) is 1.62. The van der Waals surface area contributed by atoms with Crippen molar-refractivity contribution in [3.63, 3.8) is 0 Å². The van der Waals surface area contributed by atoms with Crippen LogP contribution in [0.4, 0.5) is 8.78 Å². The van der Waals surface area contributed by atoms with Crippen LogP contribution in [0.25, 0.3) is 0 Å². The molecule has 0 saturated carbocycles. The Kier molecular flexibility index (Phi) is 4.59. The maximum absolute atomic E-state index is 12.0. The summed E-state index contributed by atoms with van der Waals surface area (Å²) in [6, 6.07) is 0. The van der Waals surface area contributed by atoms with Crippen LogP contribution in [-0.4, -0.2) is 15.5 Å². The lowest BCUT2D eigenvalue weighted by Crippen LogP contribution is -2.13. The largest absolute Gasteiger partial charge is 0.302 e. The predicted octanol–water partition coefficient (Wildman–Crippen LogP) is 3.37. The molecule has 0 amide bonds. The Hall–Kier alpha value is 1.11. The zero-order valence-corrected chi connectivity index (χ0v) is 8.31. The third kappa shape index (κ3) is 7.00. The van der Waals surface area contributed by atoms with Crippen molar-refractivity contribution in [3.8, 4) is 0 Å². The second-order valence-electron chi connectivity index (χ2n) is 1.57. The van der Waals surface area contributed by atoms with Crippen LogP contribution in [0.2, 0.25) is 0 Å². The van der Waals surface area contributed by atoms with E-state index in [-0.39, 0.29) is 17.1 Å². The second kappa shape index (κ2) is 4.09. The molecular weight excluding hydrogens is 281 g/mol. The van der Waals surface area contributed by atoms with Gasteiger partial charge < -0.3 is 0 Å². The minimum atomic E-state index is -2.80. The zero-order chi connectivity index (χ0) is 7.49. The van der Waals surface area contributed by atoms with Crippen molar-refractivity contribution < 1.29 is 8.78 Å². The summed E-state index contributed by atoms with van der Waals surface area (Å²) in [7, 11) is 0. The first kappa shape index (κ1) is 10.1. The summed E-state index contributed by atoms with van der Waals surface area (Å²) in [5.41, 5.74) is 0. The maximum Gasteiger partial charge on any atom is 0.302 e. The van der Waals surface area contributed by atoms with Crippen molar-refractivity contribution in [1.29, 1.82) is 0 Å². The highest BCUT2D eigenvalue weighted by Gasteiger charge is 2.26. The molecule has 0 spiro atoms. The van der Waals surface area contributed by atoms with Crippen LogP contribution in [0.15, 0.2) is 0 Å². The van der Waals surface area contributed by atoms with E-state index in [1.54, 1.807) is 0 Å². The van der Waals surface area contributed by atoms with Gasteiger partial charge in [0.2, 0.25) is 0 Å². The van der Waals surface area contributed by atoms with Gasteiger partial charge in [-0.25, -0.2) is 0 Å². The average molecular weight is 286 g/mol. The van der Waals surface area contributed by atoms with Crippen LogP contribution in [0, 0.1) is 0 Å². The fraction of sp³-hybridized carbons (Fsp3) is 1.00. The van der Waals surface area contributed by atoms with E-state index in [2.05, 4.69) is 31.9 Å². The van der Waals surface area contributed by atoms with Gasteiger partial charge >= 0.3 is 4.83 Å². The van der Waals surface area contributed by atoms with Crippen LogP contribution < -0.4 is 0 Å². The topological polar surface area (TPSA) is 0 Å². The lowest BCUT2D eigenvalue weighted by atomic mass is 10.3. The van der Waals surface area contributed by atoms with E-state index in [0.29, 0.717) is 0 Å². The van der Waals surface area contributed by atoms with Gasteiger partial charge in [-0.2, -0.15) is 8.78 Å². The molecule has 0 bridgehead atoms. The normalized spacial score (nSPS) is 15.7. The van der Waals surface area contributed by atoms with Crippen molar-refractivity contribution in [2.24, 2.45) is 0 Å². The molecule has 1 unspecified atom stereocenters. The molecule has 0 saturated heterocycles. The van der Waals surface area contributed by atoms with Gasteiger partial charge in [0.25, 0.3) is 0 Å². The van der Waals surface area contributed by atoms with Gasteiger partial charge in [0.05, 0.1) is 0 Å². The molecule has 0 rings (SSSR count). The number of alkyl halides is 5. The molecule has 1 atom stereocenters. The van der Waals surface area contributed by atoms with E-state index in [9.17, 15) is 8.78 Å². The molecule has 0 aromatic carbocycles. The number of rotatable bonds is 3. The minimum absolute atomic E-state index is 0.196. The van der Waals surface area contributed by atoms with Gasteiger partial charge in [0.1, 0.15) is 0 Å². The molecule has 9 heavy (non-hydrogen) atoms. The molecule has 0 radical (unpaired) electrons. The monoisotopic (exact) mass is 284 g/mol. The maximum atomic E-state index is 12.0. The van der Waals surface area contributed by atoms with E-state index in [1.165, 1.54) is 0 Å². The minimum Gasteiger partial charge on any atom is -0.194 e. The Morgan fingerprint density at radius 3 is 2.11 bits per heavy atom. The van der Waals surface area contributed by atoms with Gasteiger partial charge in [0.15, 0.2) is 0 Å². The highest BCUT2D eigenvalue weighted by atomic mass is 79.9. The summed E-state index contributed by atoms with van der Waals surface area (Å²) in [6.07, 6.45) is -0.281. The van der Waals surface area contributed by atoms with Crippen LogP contribution in [0.3, 0.4) is 0 Å². The third-order valence-electron chi connectivity index (χ3n) is 0.620. The summed E-state index contributed by atoms with van der Waals surface area (Å²) >= 11 is 10.4. The van der Waals surface area contributed by atoms with E-state index < -0.39 is 4.83 Å². The molecule has 5 heteroatoms. The Balaban J connectivity index is 3.47. The highest BCUT2D eigenvalue weighted by Crippen LogP contribution is 2.30. The molecule has 56 valence electrons. The first-order chi connectivity index (χ1) is 3.95. The van der Waals surface area contributed by atoms with Crippen LogP contribution in [0.5, 0.6) is 0 Å². The Morgan fingerprint density at radius 1 is 1.56 bits per heavy atom. The van der Waals surface area contributed by atoms with Crippen LogP contribution in [-0.2, 0) is 0 Å². The molecule has 0 aliphatic rings. The fourth-order valence-corrected chi connectivity index (χ4v) is 1.65. The molecular formula is C4H5Br2ClF2.